The van der Waals surface area contributed by atoms with Crippen LogP contribution in [-0.4, -0.2) is 41.5 Å². The van der Waals surface area contributed by atoms with Crippen LogP contribution in [0.4, 0.5) is 5.69 Å². The van der Waals surface area contributed by atoms with Crippen LogP contribution in [0.5, 0.6) is 0 Å². The van der Waals surface area contributed by atoms with Crippen LogP contribution < -0.4 is 5.32 Å². The van der Waals surface area contributed by atoms with Crippen molar-refractivity contribution in [2.24, 2.45) is 0 Å². The number of aryl methyl sites for hydroxylation is 1. The highest BCUT2D eigenvalue weighted by Gasteiger charge is 2.23. The molecule has 0 fully saturated rings. The summed E-state index contributed by atoms with van der Waals surface area (Å²) in [6.07, 6.45) is 1.59. The first-order valence-electron chi connectivity index (χ1n) is 8.44. The molecule has 28 heavy (non-hydrogen) atoms. The molecule has 0 aliphatic heterocycles. The molecule has 4 rings (SSSR count). The second kappa shape index (κ2) is 8.01. The van der Waals surface area contributed by atoms with Gasteiger partial charge in [0.15, 0.2) is 5.82 Å². The van der Waals surface area contributed by atoms with Gasteiger partial charge in [-0.1, -0.05) is 42.1 Å². The number of benzene rings is 2. The van der Waals surface area contributed by atoms with E-state index in [0.29, 0.717) is 16.5 Å². The Labute approximate surface area is 164 Å². The van der Waals surface area contributed by atoms with Crippen molar-refractivity contribution < 1.29 is 4.79 Å². The molecule has 9 nitrogen and oxygen atoms in total. The molecular formula is C18H16N8OS. The minimum absolute atomic E-state index is 0.151. The number of amides is 1. The number of carbonyl (C=O) groups excluding carboxylic acids is 1. The first kappa shape index (κ1) is 17.9. The van der Waals surface area contributed by atoms with Crippen molar-refractivity contribution in [3.05, 3.63) is 72.2 Å². The summed E-state index contributed by atoms with van der Waals surface area (Å²) in [7, 11) is 0. The fourth-order valence-corrected chi connectivity index (χ4v) is 3.46. The van der Waals surface area contributed by atoms with E-state index in [2.05, 4.69) is 36.1 Å². The zero-order chi connectivity index (χ0) is 19.3. The Kier molecular flexibility index (Phi) is 5.11. The summed E-state index contributed by atoms with van der Waals surface area (Å²) >= 11 is 1.33. The number of aromatic nitrogens is 7. The van der Waals surface area contributed by atoms with E-state index >= 15 is 0 Å². The van der Waals surface area contributed by atoms with Crippen molar-refractivity contribution >= 4 is 23.4 Å². The Morgan fingerprint density at radius 1 is 1.14 bits per heavy atom. The SMILES string of the molecule is Cc1nnn(-c2ccc(NC(=O)C(Sc3cn[nH]n3)c3ccccc3)cc2)n1. The van der Waals surface area contributed by atoms with Crippen molar-refractivity contribution in [3.63, 3.8) is 0 Å². The van der Waals surface area contributed by atoms with Crippen LogP contribution >= 0.6 is 11.8 Å². The molecule has 2 heterocycles. The molecule has 0 saturated carbocycles. The number of rotatable bonds is 6. The van der Waals surface area contributed by atoms with Crippen LogP contribution in [0.15, 0.2) is 65.8 Å². The van der Waals surface area contributed by atoms with Gasteiger partial charge in [0.2, 0.25) is 5.91 Å². The molecule has 140 valence electrons. The summed E-state index contributed by atoms with van der Waals surface area (Å²) in [5, 5.41) is 25.5. The minimum Gasteiger partial charge on any atom is -0.325 e. The highest BCUT2D eigenvalue weighted by atomic mass is 32.2. The Morgan fingerprint density at radius 2 is 1.93 bits per heavy atom. The average Bonchev–Trinajstić information content (AvgIpc) is 3.39. The van der Waals surface area contributed by atoms with Crippen molar-refractivity contribution in [2.75, 3.05) is 5.32 Å². The van der Waals surface area contributed by atoms with E-state index in [-0.39, 0.29) is 5.91 Å². The van der Waals surface area contributed by atoms with Crippen LogP contribution in [0.1, 0.15) is 16.6 Å². The molecule has 0 spiro atoms. The number of carbonyl (C=O) groups is 1. The standard InChI is InChI=1S/C18H16N8OS/c1-12-21-25-26(23-12)15-9-7-14(8-10-15)20-18(27)17(13-5-3-2-4-6-13)28-16-11-19-24-22-16/h2-11,17H,1H3,(H,20,27)(H,19,22,24). The maximum Gasteiger partial charge on any atom is 0.242 e. The van der Waals surface area contributed by atoms with Crippen molar-refractivity contribution in [1.82, 2.24) is 35.6 Å². The summed E-state index contributed by atoms with van der Waals surface area (Å²) in [6.45, 7) is 1.77. The van der Waals surface area contributed by atoms with E-state index < -0.39 is 5.25 Å². The van der Waals surface area contributed by atoms with Crippen LogP contribution in [0, 0.1) is 6.92 Å². The number of nitrogens with zero attached hydrogens (tertiary/aromatic N) is 6. The molecule has 2 aromatic carbocycles. The third-order valence-corrected chi connectivity index (χ3v) is 5.01. The molecule has 1 atom stereocenters. The molecular weight excluding hydrogens is 376 g/mol. The lowest BCUT2D eigenvalue weighted by molar-refractivity contribution is -0.115. The Morgan fingerprint density at radius 3 is 2.57 bits per heavy atom. The molecule has 0 radical (unpaired) electrons. The van der Waals surface area contributed by atoms with E-state index in [1.54, 1.807) is 25.3 Å². The predicted molar refractivity (Wildman–Crippen MR) is 104 cm³/mol. The van der Waals surface area contributed by atoms with E-state index in [0.717, 1.165) is 11.3 Å². The molecule has 1 unspecified atom stereocenters. The number of thioether (sulfide) groups is 1. The fraction of sp³-hybridized carbons (Fsp3) is 0.111. The Balaban J connectivity index is 1.52. The highest BCUT2D eigenvalue weighted by Crippen LogP contribution is 2.34. The molecule has 0 bridgehead atoms. The molecule has 2 aromatic heterocycles. The van der Waals surface area contributed by atoms with Crippen molar-refractivity contribution in [3.8, 4) is 5.69 Å². The number of nitrogens with one attached hydrogen (secondary N) is 2. The van der Waals surface area contributed by atoms with Crippen LogP contribution in [-0.2, 0) is 4.79 Å². The summed E-state index contributed by atoms with van der Waals surface area (Å²) in [6, 6.07) is 16.8. The number of hydrogen-bond donors (Lipinski definition) is 2. The van der Waals surface area contributed by atoms with Gasteiger partial charge < -0.3 is 5.32 Å². The number of hydrogen-bond acceptors (Lipinski definition) is 7. The van der Waals surface area contributed by atoms with Gasteiger partial charge in [-0.15, -0.1) is 20.1 Å². The predicted octanol–water partition coefficient (Wildman–Crippen LogP) is 2.56. The van der Waals surface area contributed by atoms with Crippen molar-refractivity contribution in [1.29, 1.82) is 0 Å². The number of aromatic amines is 1. The smallest absolute Gasteiger partial charge is 0.242 e. The molecule has 0 saturated heterocycles. The van der Waals surface area contributed by atoms with Gasteiger partial charge in [-0.25, -0.2) is 0 Å². The molecule has 1 amide bonds. The second-order valence-electron chi connectivity index (χ2n) is 5.88. The Hall–Kier alpha value is -3.53. The zero-order valence-corrected chi connectivity index (χ0v) is 15.7. The summed E-state index contributed by atoms with van der Waals surface area (Å²) in [5.41, 5.74) is 2.31. The van der Waals surface area contributed by atoms with Gasteiger partial charge in [-0.3, -0.25) is 4.79 Å². The lowest BCUT2D eigenvalue weighted by atomic mass is 10.1. The summed E-state index contributed by atoms with van der Waals surface area (Å²) in [4.78, 5) is 14.4. The first-order valence-corrected chi connectivity index (χ1v) is 9.32. The maximum absolute atomic E-state index is 13.0. The molecule has 4 aromatic rings. The normalized spacial score (nSPS) is 11.9. The Bertz CT molecular complexity index is 1050. The molecule has 2 N–H and O–H groups in total. The molecule has 10 heteroatoms. The van der Waals surface area contributed by atoms with Gasteiger partial charge in [0, 0.05) is 5.69 Å². The highest BCUT2D eigenvalue weighted by molar-refractivity contribution is 8.00. The third kappa shape index (κ3) is 4.07. The lowest BCUT2D eigenvalue weighted by Crippen LogP contribution is -2.19. The topological polar surface area (TPSA) is 114 Å². The van der Waals surface area contributed by atoms with Crippen LogP contribution in [0.2, 0.25) is 0 Å². The first-order chi connectivity index (χ1) is 13.7. The quantitative estimate of drug-likeness (QED) is 0.485. The molecule has 0 aliphatic rings. The van der Waals surface area contributed by atoms with E-state index in [9.17, 15) is 4.79 Å². The van der Waals surface area contributed by atoms with Gasteiger partial charge >= 0.3 is 0 Å². The van der Waals surface area contributed by atoms with Gasteiger partial charge in [0.25, 0.3) is 0 Å². The van der Waals surface area contributed by atoms with Gasteiger partial charge in [-0.05, 0) is 42.0 Å². The average molecular weight is 392 g/mol. The number of H-pyrrole nitrogens is 1. The van der Waals surface area contributed by atoms with Gasteiger partial charge in [0.05, 0.1) is 11.9 Å². The van der Waals surface area contributed by atoms with E-state index in [1.165, 1.54) is 16.6 Å². The number of anilines is 1. The number of tetrazole rings is 1. The van der Waals surface area contributed by atoms with E-state index in [1.807, 2.05) is 42.5 Å². The largest absolute Gasteiger partial charge is 0.325 e. The fourth-order valence-electron chi connectivity index (χ4n) is 2.55. The van der Waals surface area contributed by atoms with E-state index in [4.69, 9.17) is 0 Å². The van der Waals surface area contributed by atoms with Crippen molar-refractivity contribution in [2.45, 2.75) is 17.2 Å². The monoisotopic (exact) mass is 392 g/mol. The minimum atomic E-state index is -0.467. The van der Waals surface area contributed by atoms with Gasteiger partial charge in [-0.2, -0.15) is 10.3 Å². The summed E-state index contributed by atoms with van der Waals surface area (Å²) < 4.78 is 0. The van der Waals surface area contributed by atoms with Gasteiger partial charge in [0.1, 0.15) is 10.3 Å². The maximum atomic E-state index is 13.0. The third-order valence-electron chi connectivity index (χ3n) is 3.85. The zero-order valence-electron chi connectivity index (χ0n) is 14.9. The summed E-state index contributed by atoms with van der Waals surface area (Å²) in [5.74, 6) is 0.439. The molecule has 0 aliphatic carbocycles. The lowest BCUT2D eigenvalue weighted by Gasteiger charge is -2.16. The van der Waals surface area contributed by atoms with Crippen LogP contribution in [0.25, 0.3) is 5.69 Å². The second-order valence-corrected chi connectivity index (χ2v) is 7.00. The van der Waals surface area contributed by atoms with Crippen LogP contribution in [0.3, 0.4) is 0 Å².